The summed E-state index contributed by atoms with van der Waals surface area (Å²) >= 11 is 0. The lowest BCUT2D eigenvalue weighted by molar-refractivity contribution is -0.133. The zero-order valence-electron chi connectivity index (χ0n) is 13.0. The van der Waals surface area contributed by atoms with Gasteiger partial charge < -0.3 is 10.1 Å². The predicted molar refractivity (Wildman–Crippen MR) is 81.5 cm³/mol. The molecular formula is C17H33NO. The maximum Gasteiger partial charge on any atom is 0.0661 e. The van der Waals surface area contributed by atoms with Crippen molar-refractivity contribution in [2.45, 2.75) is 90.2 Å². The van der Waals surface area contributed by atoms with Crippen molar-refractivity contribution in [1.29, 1.82) is 0 Å². The van der Waals surface area contributed by atoms with Gasteiger partial charge in [-0.05, 0) is 38.6 Å². The van der Waals surface area contributed by atoms with Crippen LogP contribution >= 0.6 is 0 Å². The Morgan fingerprint density at radius 3 is 2.53 bits per heavy atom. The molecule has 1 spiro atoms. The average molecular weight is 267 g/mol. The molecule has 0 aromatic rings. The van der Waals surface area contributed by atoms with Crippen molar-refractivity contribution in [3.05, 3.63) is 0 Å². The van der Waals surface area contributed by atoms with E-state index in [1.54, 1.807) is 0 Å². The van der Waals surface area contributed by atoms with Crippen molar-refractivity contribution in [1.82, 2.24) is 5.32 Å². The van der Waals surface area contributed by atoms with Gasteiger partial charge in [-0.25, -0.2) is 0 Å². The van der Waals surface area contributed by atoms with E-state index in [-0.39, 0.29) is 0 Å². The van der Waals surface area contributed by atoms with Gasteiger partial charge in [0.05, 0.1) is 6.10 Å². The normalized spacial score (nSPS) is 28.7. The molecule has 2 aliphatic carbocycles. The van der Waals surface area contributed by atoms with Gasteiger partial charge in [0.25, 0.3) is 0 Å². The van der Waals surface area contributed by atoms with Crippen LogP contribution in [0.5, 0.6) is 0 Å². The summed E-state index contributed by atoms with van der Waals surface area (Å²) in [7, 11) is 0. The number of nitrogens with one attached hydrogen (secondary N) is 1. The minimum absolute atomic E-state index is 0.514. The molecule has 0 heterocycles. The summed E-state index contributed by atoms with van der Waals surface area (Å²) in [5.41, 5.74) is 0.514. The SMILES string of the molecule is CCCCCCOC1CC(NCCC)C12CCCC2. The van der Waals surface area contributed by atoms with Crippen LogP contribution in [0.3, 0.4) is 0 Å². The zero-order chi connectivity index (χ0) is 13.6. The van der Waals surface area contributed by atoms with Crippen LogP contribution in [0.2, 0.25) is 0 Å². The maximum atomic E-state index is 6.23. The first kappa shape index (κ1) is 15.3. The minimum atomic E-state index is 0.514. The second kappa shape index (κ2) is 7.64. The molecule has 2 saturated carbocycles. The maximum absolute atomic E-state index is 6.23. The second-order valence-corrected chi connectivity index (χ2v) is 6.60. The first-order valence-electron chi connectivity index (χ1n) is 8.68. The fourth-order valence-corrected chi connectivity index (χ4v) is 4.04. The average Bonchev–Trinajstić information content (AvgIpc) is 2.92. The molecule has 2 rings (SSSR count). The molecule has 0 bridgehead atoms. The van der Waals surface area contributed by atoms with E-state index in [9.17, 15) is 0 Å². The molecule has 0 saturated heterocycles. The molecule has 0 amide bonds. The smallest absolute Gasteiger partial charge is 0.0661 e. The third-order valence-electron chi connectivity index (χ3n) is 5.28. The van der Waals surface area contributed by atoms with Crippen molar-refractivity contribution in [3.8, 4) is 0 Å². The van der Waals surface area contributed by atoms with Gasteiger partial charge in [-0.15, -0.1) is 0 Å². The van der Waals surface area contributed by atoms with E-state index in [1.165, 1.54) is 70.8 Å². The lowest BCUT2D eigenvalue weighted by Gasteiger charge is -2.54. The van der Waals surface area contributed by atoms with E-state index in [0.29, 0.717) is 11.5 Å². The number of ether oxygens (including phenoxy) is 1. The molecule has 0 aliphatic heterocycles. The second-order valence-electron chi connectivity index (χ2n) is 6.60. The highest BCUT2D eigenvalue weighted by Crippen LogP contribution is 2.54. The molecule has 2 nitrogen and oxygen atoms in total. The van der Waals surface area contributed by atoms with Crippen LogP contribution in [0.1, 0.15) is 78.1 Å². The van der Waals surface area contributed by atoms with Crippen molar-refractivity contribution in [3.63, 3.8) is 0 Å². The third-order valence-corrected chi connectivity index (χ3v) is 5.28. The summed E-state index contributed by atoms with van der Waals surface area (Å²) in [5.74, 6) is 0. The van der Waals surface area contributed by atoms with Crippen LogP contribution in [-0.4, -0.2) is 25.3 Å². The molecule has 0 radical (unpaired) electrons. The van der Waals surface area contributed by atoms with Gasteiger partial charge >= 0.3 is 0 Å². The van der Waals surface area contributed by atoms with Crippen molar-refractivity contribution in [2.75, 3.05) is 13.2 Å². The highest BCUT2D eigenvalue weighted by molar-refractivity contribution is 5.09. The Morgan fingerprint density at radius 1 is 1.05 bits per heavy atom. The molecular weight excluding hydrogens is 234 g/mol. The summed E-state index contributed by atoms with van der Waals surface area (Å²) in [6, 6.07) is 0.746. The highest BCUT2D eigenvalue weighted by atomic mass is 16.5. The molecule has 2 atom stereocenters. The minimum Gasteiger partial charge on any atom is -0.378 e. The Balaban J connectivity index is 1.72. The topological polar surface area (TPSA) is 21.3 Å². The van der Waals surface area contributed by atoms with Crippen LogP contribution in [0.25, 0.3) is 0 Å². The summed E-state index contributed by atoms with van der Waals surface area (Å²) in [6.45, 7) is 6.70. The van der Waals surface area contributed by atoms with Crippen LogP contribution in [0.4, 0.5) is 0 Å². The van der Waals surface area contributed by atoms with E-state index < -0.39 is 0 Å². The van der Waals surface area contributed by atoms with Crippen molar-refractivity contribution < 1.29 is 4.74 Å². The molecule has 0 aromatic heterocycles. The Kier molecular flexibility index (Phi) is 6.15. The Morgan fingerprint density at radius 2 is 1.84 bits per heavy atom. The Hall–Kier alpha value is -0.0800. The van der Waals surface area contributed by atoms with Crippen LogP contribution in [-0.2, 0) is 4.74 Å². The predicted octanol–water partition coefficient (Wildman–Crippen LogP) is 4.28. The molecule has 2 aliphatic rings. The molecule has 112 valence electrons. The standard InChI is InChI=1S/C17H33NO/c1-3-5-6-9-13-19-16-14-15(18-12-4-2)17(16)10-7-8-11-17/h15-16,18H,3-14H2,1-2H3. The van der Waals surface area contributed by atoms with Gasteiger partial charge in [0.1, 0.15) is 0 Å². The quantitative estimate of drug-likeness (QED) is 0.629. The fraction of sp³-hybridized carbons (Fsp3) is 1.00. The number of hydrogen-bond acceptors (Lipinski definition) is 2. The lowest BCUT2D eigenvalue weighted by atomic mass is 9.60. The molecule has 0 aromatic carbocycles. The van der Waals surface area contributed by atoms with E-state index in [4.69, 9.17) is 4.74 Å². The van der Waals surface area contributed by atoms with Gasteiger partial charge in [0, 0.05) is 18.1 Å². The van der Waals surface area contributed by atoms with Crippen LogP contribution in [0.15, 0.2) is 0 Å². The summed E-state index contributed by atoms with van der Waals surface area (Å²) in [6.07, 6.45) is 14.0. The number of unbranched alkanes of at least 4 members (excludes halogenated alkanes) is 3. The number of hydrogen-bond donors (Lipinski definition) is 1. The Labute approximate surface area is 119 Å². The first-order chi connectivity index (χ1) is 9.33. The van der Waals surface area contributed by atoms with Crippen molar-refractivity contribution in [2.24, 2.45) is 5.41 Å². The van der Waals surface area contributed by atoms with Crippen LogP contribution in [0, 0.1) is 5.41 Å². The molecule has 1 N–H and O–H groups in total. The fourth-order valence-electron chi connectivity index (χ4n) is 4.04. The summed E-state index contributed by atoms with van der Waals surface area (Å²) in [4.78, 5) is 0. The third kappa shape index (κ3) is 3.52. The van der Waals surface area contributed by atoms with Gasteiger partial charge in [0.15, 0.2) is 0 Å². The Bertz CT molecular complexity index is 248. The molecule has 2 fully saturated rings. The van der Waals surface area contributed by atoms with Crippen LogP contribution < -0.4 is 5.32 Å². The van der Waals surface area contributed by atoms with Gasteiger partial charge in [-0.1, -0.05) is 46.0 Å². The highest BCUT2D eigenvalue weighted by Gasteiger charge is 2.56. The van der Waals surface area contributed by atoms with E-state index >= 15 is 0 Å². The first-order valence-corrected chi connectivity index (χ1v) is 8.68. The van der Waals surface area contributed by atoms with Gasteiger partial charge in [-0.2, -0.15) is 0 Å². The van der Waals surface area contributed by atoms with E-state index in [2.05, 4.69) is 19.2 Å². The van der Waals surface area contributed by atoms with Gasteiger partial charge in [0.2, 0.25) is 0 Å². The lowest BCUT2D eigenvalue weighted by Crippen LogP contribution is -2.62. The van der Waals surface area contributed by atoms with E-state index in [1.807, 2.05) is 0 Å². The summed E-state index contributed by atoms with van der Waals surface area (Å²) in [5, 5.41) is 3.76. The molecule has 2 unspecified atom stereocenters. The largest absolute Gasteiger partial charge is 0.378 e. The van der Waals surface area contributed by atoms with E-state index in [0.717, 1.165) is 12.6 Å². The summed E-state index contributed by atoms with van der Waals surface area (Å²) < 4.78 is 6.23. The van der Waals surface area contributed by atoms with Crippen molar-refractivity contribution >= 4 is 0 Å². The monoisotopic (exact) mass is 267 g/mol. The zero-order valence-corrected chi connectivity index (χ0v) is 13.0. The number of rotatable bonds is 9. The molecule has 19 heavy (non-hydrogen) atoms. The van der Waals surface area contributed by atoms with Gasteiger partial charge in [-0.3, -0.25) is 0 Å². The molecule has 2 heteroatoms.